The van der Waals surface area contributed by atoms with Gasteiger partial charge in [-0.1, -0.05) is 44.2 Å². The summed E-state index contributed by atoms with van der Waals surface area (Å²) >= 11 is 0. The number of ether oxygens (including phenoxy) is 2. The van der Waals surface area contributed by atoms with E-state index in [-0.39, 0.29) is 24.0 Å². The number of halogens is 1. The first-order valence-electron chi connectivity index (χ1n) is 10.7. The van der Waals surface area contributed by atoms with Crippen molar-refractivity contribution in [2.24, 2.45) is 10.9 Å². The van der Waals surface area contributed by atoms with E-state index in [0.29, 0.717) is 12.0 Å². The van der Waals surface area contributed by atoms with Crippen LogP contribution in [-0.4, -0.2) is 70.5 Å². The largest absolute Gasteiger partial charge is 0.381 e. The number of benzene rings is 1. The minimum absolute atomic E-state index is 0. The van der Waals surface area contributed by atoms with Crippen molar-refractivity contribution in [3.63, 3.8) is 0 Å². The van der Waals surface area contributed by atoms with Crippen LogP contribution in [0.2, 0.25) is 0 Å². The van der Waals surface area contributed by atoms with Crippen LogP contribution >= 0.6 is 24.0 Å². The monoisotopic (exact) mass is 518 g/mol. The van der Waals surface area contributed by atoms with Gasteiger partial charge in [-0.3, -0.25) is 9.89 Å². The zero-order valence-electron chi connectivity index (χ0n) is 18.2. The Labute approximate surface area is 193 Å². The van der Waals surface area contributed by atoms with Crippen LogP contribution in [-0.2, 0) is 9.47 Å². The quantitative estimate of drug-likeness (QED) is 0.193. The topological polar surface area (TPSA) is 58.1 Å². The normalized spacial score (nSPS) is 17.8. The number of nitrogens with zero attached hydrogens (tertiary/aromatic N) is 2. The van der Waals surface area contributed by atoms with Gasteiger partial charge < -0.3 is 20.1 Å². The number of guanidine groups is 1. The second kappa shape index (κ2) is 15.9. The molecule has 0 aromatic heterocycles. The van der Waals surface area contributed by atoms with E-state index in [2.05, 4.69) is 64.7 Å². The maximum absolute atomic E-state index is 5.76. The van der Waals surface area contributed by atoms with Crippen LogP contribution in [0.25, 0.3) is 0 Å². The molecule has 6 nitrogen and oxygen atoms in total. The Morgan fingerprint density at radius 2 is 2.00 bits per heavy atom. The van der Waals surface area contributed by atoms with Crippen molar-refractivity contribution in [3.05, 3.63) is 35.9 Å². The van der Waals surface area contributed by atoms with Gasteiger partial charge in [0.05, 0.1) is 19.3 Å². The summed E-state index contributed by atoms with van der Waals surface area (Å²) < 4.78 is 11.1. The lowest BCUT2D eigenvalue weighted by Crippen LogP contribution is -2.43. The van der Waals surface area contributed by atoms with Crippen LogP contribution in [0, 0.1) is 5.92 Å². The summed E-state index contributed by atoms with van der Waals surface area (Å²) in [5.41, 5.74) is 1.33. The molecule has 2 N–H and O–H groups in total. The molecule has 1 saturated heterocycles. The highest BCUT2D eigenvalue weighted by Gasteiger charge is 2.18. The van der Waals surface area contributed by atoms with Gasteiger partial charge in [-0.05, 0) is 31.5 Å². The number of nitrogens with one attached hydrogen (secondary N) is 2. The molecule has 29 heavy (non-hydrogen) atoms. The summed E-state index contributed by atoms with van der Waals surface area (Å²) in [7, 11) is 1.82. The summed E-state index contributed by atoms with van der Waals surface area (Å²) in [4.78, 5) is 6.83. The Bertz CT molecular complexity index is 549. The molecular formula is C22H39IN4O2. The molecule has 0 radical (unpaired) electrons. The molecule has 1 aromatic rings. The van der Waals surface area contributed by atoms with E-state index >= 15 is 0 Å². The van der Waals surface area contributed by atoms with Crippen LogP contribution < -0.4 is 10.6 Å². The Hall–Kier alpha value is -0.900. The van der Waals surface area contributed by atoms with Crippen molar-refractivity contribution in [2.75, 3.05) is 59.7 Å². The second-order valence-electron chi connectivity index (χ2n) is 7.19. The lowest BCUT2D eigenvalue weighted by molar-refractivity contribution is 0.0888. The fourth-order valence-corrected chi connectivity index (χ4v) is 3.56. The van der Waals surface area contributed by atoms with E-state index in [1.165, 1.54) is 5.56 Å². The molecule has 1 aromatic carbocycles. The van der Waals surface area contributed by atoms with Gasteiger partial charge in [-0.2, -0.15) is 0 Å². The summed E-state index contributed by atoms with van der Waals surface area (Å²) in [6, 6.07) is 11.0. The summed E-state index contributed by atoms with van der Waals surface area (Å²) in [6.45, 7) is 11.5. The minimum atomic E-state index is 0. The molecule has 1 fully saturated rings. The predicted molar refractivity (Wildman–Crippen MR) is 131 cm³/mol. The number of rotatable bonds is 12. The first kappa shape index (κ1) is 26.1. The van der Waals surface area contributed by atoms with Crippen LogP contribution in [0.1, 0.15) is 38.3 Å². The first-order valence-corrected chi connectivity index (χ1v) is 10.7. The van der Waals surface area contributed by atoms with Gasteiger partial charge in [0.25, 0.3) is 0 Å². The molecule has 1 aliphatic rings. The van der Waals surface area contributed by atoms with E-state index < -0.39 is 0 Å². The average Bonchev–Trinajstić information content (AvgIpc) is 3.26. The van der Waals surface area contributed by atoms with Gasteiger partial charge in [0.1, 0.15) is 0 Å². The SMILES string of the molecule is CCN(CC)C(CNC(=NC)NCCCOCC1CCOC1)c1ccccc1.I. The maximum Gasteiger partial charge on any atom is 0.191 e. The van der Waals surface area contributed by atoms with E-state index in [1.54, 1.807) is 0 Å². The molecule has 0 bridgehead atoms. The highest BCUT2D eigenvalue weighted by molar-refractivity contribution is 14.0. The van der Waals surface area contributed by atoms with Crippen LogP contribution in [0.15, 0.2) is 35.3 Å². The molecule has 1 heterocycles. The number of hydrogen-bond donors (Lipinski definition) is 2. The third kappa shape index (κ3) is 9.63. The lowest BCUT2D eigenvalue weighted by atomic mass is 10.1. The van der Waals surface area contributed by atoms with Crippen LogP contribution in [0.5, 0.6) is 0 Å². The molecular weight excluding hydrogens is 479 g/mol. The Morgan fingerprint density at radius 3 is 2.62 bits per heavy atom. The minimum Gasteiger partial charge on any atom is -0.381 e. The third-order valence-electron chi connectivity index (χ3n) is 5.26. The van der Waals surface area contributed by atoms with Crippen molar-refractivity contribution < 1.29 is 9.47 Å². The van der Waals surface area contributed by atoms with Crippen LogP contribution in [0.3, 0.4) is 0 Å². The number of aliphatic imine (C=N–C) groups is 1. The molecule has 7 heteroatoms. The molecule has 0 spiro atoms. The Kier molecular flexibility index (Phi) is 14.3. The summed E-state index contributed by atoms with van der Waals surface area (Å²) in [5.74, 6) is 1.43. The Balaban J connectivity index is 0.00000420. The van der Waals surface area contributed by atoms with Gasteiger partial charge in [0.15, 0.2) is 5.96 Å². The molecule has 2 atom stereocenters. The fraction of sp³-hybridized carbons (Fsp3) is 0.682. The van der Waals surface area contributed by atoms with Crippen molar-refractivity contribution in [1.82, 2.24) is 15.5 Å². The van der Waals surface area contributed by atoms with Crippen molar-refractivity contribution >= 4 is 29.9 Å². The third-order valence-corrected chi connectivity index (χ3v) is 5.26. The number of likely N-dealkylation sites (N-methyl/N-ethyl adjacent to an activating group) is 1. The summed E-state index contributed by atoms with van der Waals surface area (Å²) in [6.07, 6.45) is 2.09. The second-order valence-corrected chi connectivity index (χ2v) is 7.19. The average molecular weight is 518 g/mol. The molecule has 0 saturated carbocycles. The van der Waals surface area contributed by atoms with Gasteiger partial charge in [-0.15, -0.1) is 24.0 Å². The zero-order valence-corrected chi connectivity index (χ0v) is 20.6. The molecule has 0 aliphatic carbocycles. The first-order chi connectivity index (χ1) is 13.8. The standard InChI is InChI=1S/C22H38N4O2.HI/c1-4-26(5-2)21(20-10-7-6-8-11-20)16-25-22(23-3)24-13-9-14-27-17-19-12-15-28-18-19;/h6-8,10-11,19,21H,4-5,9,12-18H2,1-3H3,(H2,23,24,25);1H. The van der Waals surface area contributed by atoms with E-state index in [0.717, 1.165) is 71.4 Å². The maximum atomic E-state index is 5.76. The molecule has 2 rings (SSSR count). The molecule has 0 amide bonds. The van der Waals surface area contributed by atoms with E-state index in [1.807, 2.05) is 7.05 Å². The number of hydrogen-bond acceptors (Lipinski definition) is 4. The molecule has 2 unspecified atom stereocenters. The van der Waals surface area contributed by atoms with Crippen molar-refractivity contribution in [3.8, 4) is 0 Å². The summed E-state index contributed by atoms with van der Waals surface area (Å²) in [5, 5.41) is 6.89. The predicted octanol–water partition coefficient (Wildman–Crippen LogP) is 3.30. The van der Waals surface area contributed by atoms with Crippen molar-refractivity contribution in [1.29, 1.82) is 0 Å². The van der Waals surface area contributed by atoms with Gasteiger partial charge >= 0.3 is 0 Å². The highest BCUT2D eigenvalue weighted by atomic mass is 127. The van der Waals surface area contributed by atoms with Crippen LogP contribution in [0.4, 0.5) is 0 Å². The van der Waals surface area contributed by atoms with Gasteiger partial charge in [-0.25, -0.2) is 0 Å². The van der Waals surface area contributed by atoms with Gasteiger partial charge in [0.2, 0.25) is 0 Å². The molecule has 166 valence electrons. The smallest absolute Gasteiger partial charge is 0.191 e. The highest BCUT2D eigenvalue weighted by Crippen LogP contribution is 2.19. The lowest BCUT2D eigenvalue weighted by Gasteiger charge is -2.30. The van der Waals surface area contributed by atoms with Gasteiger partial charge in [0, 0.05) is 39.3 Å². The van der Waals surface area contributed by atoms with E-state index in [4.69, 9.17) is 9.47 Å². The Morgan fingerprint density at radius 1 is 1.24 bits per heavy atom. The van der Waals surface area contributed by atoms with Crippen molar-refractivity contribution in [2.45, 2.75) is 32.7 Å². The fourth-order valence-electron chi connectivity index (χ4n) is 3.56. The van der Waals surface area contributed by atoms with E-state index in [9.17, 15) is 0 Å². The molecule has 1 aliphatic heterocycles. The zero-order chi connectivity index (χ0) is 20.0.